The molecule has 0 aliphatic heterocycles. The number of nitrogens with one attached hydrogen (secondary N) is 1. The lowest BCUT2D eigenvalue weighted by Gasteiger charge is -2.02. The van der Waals surface area contributed by atoms with E-state index in [0.29, 0.717) is 11.3 Å². The molecule has 0 saturated heterocycles. The Kier molecular flexibility index (Phi) is 2.39. The van der Waals surface area contributed by atoms with Crippen LogP contribution in [0.3, 0.4) is 0 Å². The van der Waals surface area contributed by atoms with Crippen molar-refractivity contribution in [3.05, 3.63) is 45.0 Å². The van der Waals surface area contributed by atoms with E-state index >= 15 is 0 Å². The van der Waals surface area contributed by atoms with E-state index in [4.69, 9.17) is 5.26 Å². The fourth-order valence-electron chi connectivity index (χ4n) is 1.22. The molecule has 0 aliphatic rings. The highest BCUT2D eigenvalue weighted by Gasteiger charge is 2.07. The number of nitriles is 1. The quantitative estimate of drug-likeness (QED) is 0.841. The largest absolute Gasteiger partial charge is 0.347 e. The molecule has 0 saturated carbocycles. The molecule has 0 unspecified atom stereocenters. The van der Waals surface area contributed by atoms with Crippen molar-refractivity contribution in [2.45, 2.75) is 0 Å². The first-order chi connectivity index (χ1) is 7.22. The maximum absolute atomic E-state index is 11.3. The third kappa shape index (κ3) is 1.69. The summed E-state index contributed by atoms with van der Waals surface area (Å²) in [4.78, 5) is 11.3. The van der Waals surface area contributed by atoms with Crippen LogP contribution in [0.4, 0.5) is 0 Å². The van der Waals surface area contributed by atoms with Gasteiger partial charge >= 0.3 is 5.69 Å². The lowest BCUT2D eigenvalue weighted by atomic mass is 10.2. The monoisotopic (exact) mass is 264 g/mol. The van der Waals surface area contributed by atoms with Gasteiger partial charge in [0.1, 0.15) is 12.4 Å². The number of benzene rings is 1. The molecule has 0 atom stereocenters. The second-order valence-electron chi connectivity index (χ2n) is 2.80. The van der Waals surface area contributed by atoms with E-state index in [-0.39, 0.29) is 5.69 Å². The van der Waals surface area contributed by atoms with Crippen LogP contribution < -0.4 is 5.69 Å². The maximum atomic E-state index is 11.3. The number of H-pyrrole nitrogens is 1. The zero-order valence-electron chi connectivity index (χ0n) is 7.44. The summed E-state index contributed by atoms with van der Waals surface area (Å²) in [5.41, 5.74) is 0.553. The summed E-state index contributed by atoms with van der Waals surface area (Å²) in [6.45, 7) is 0. The minimum absolute atomic E-state index is 0.371. The first kappa shape index (κ1) is 9.68. The van der Waals surface area contributed by atoms with Crippen LogP contribution in [0.2, 0.25) is 0 Å². The van der Waals surface area contributed by atoms with Gasteiger partial charge in [-0.25, -0.2) is 14.5 Å². The number of aromatic amines is 1. The summed E-state index contributed by atoms with van der Waals surface area (Å²) in [6, 6.07) is 7.09. The topological polar surface area (TPSA) is 74.5 Å². The number of nitrogens with zero attached hydrogens (tertiary/aromatic N) is 3. The van der Waals surface area contributed by atoms with Crippen LogP contribution in [0, 0.1) is 11.3 Å². The highest BCUT2D eigenvalue weighted by atomic mass is 79.9. The van der Waals surface area contributed by atoms with Gasteiger partial charge in [0.15, 0.2) is 0 Å². The Labute approximate surface area is 93.1 Å². The van der Waals surface area contributed by atoms with Crippen molar-refractivity contribution in [2.24, 2.45) is 0 Å². The minimum atomic E-state index is -0.371. The number of rotatable bonds is 1. The minimum Gasteiger partial charge on any atom is -0.248 e. The number of halogens is 1. The molecule has 0 fully saturated rings. The summed E-state index contributed by atoms with van der Waals surface area (Å²) in [5, 5.41) is 14.8. The molecule has 1 aromatic heterocycles. The predicted octanol–water partition coefficient (Wildman–Crippen LogP) is 1.19. The van der Waals surface area contributed by atoms with Gasteiger partial charge < -0.3 is 0 Å². The Hall–Kier alpha value is -1.87. The molecule has 1 aromatic carbocycles. The van der Waals surface area contributed by atoms with Gasteiger partial charge in [0, 0.05) is 4.47 Å². The molecule has 74 valence electrons. The summed E-state index contributed by atoms with van der Waals surface area (Å²) in [7, 11) is 0. The van der Waals surface area contributed by atoms with Gasteiger partial charge in [0.2, 0.25) is 0 Å². The maximum Gasteiger partial charge on any atom is 0.347 e. The molecule has 0 bridgehead atoms. The van der Waals surface area contributed by atoms with Gasteiger partial charge in [-0.3, -0.25) is 0 Å². The molecule has 5 nitrogen and oxygen atoms in total. The summed E-state index contributed by atoms with van der Waals surface area (Å²) in [6.07, 6.45) is 1.34. The van der Waals surface area contributed by atoms with Crippen molar-refractivity contribution in [2.75, 3.05) is 0 Å². The number of aromatic nitrogens is 3. The fraction of sp³-hybridized carbons (Fsp3) is 0. The van der Waals surface area contributed by atoms with Crippen LogP contribution in [0.1, 0.15) is 5.56 Å². The standard InChI is InChI=1S/C9H5BrN4O/c10-7-2-1-6(4-11)8(3-7)14-5-12-13-9(14)15/h1-3,5H,(H,13,15). The second kappa shape index (κ2) is 3.71. The van der Waals surface area contributed by atoms with E-state index in [1.807, 2.05) is 6.07 Å². The molecule has 1 heterocycles. The Morgan fingerprint density at radius 2 is 2.33 bits per heavy atom. The van der Waals surface area contributed by atoms with E-state index in [2.05, 4.69) is 26.1 Å². The van der Waals surface area contributed by atoms with Crippen molar-refractivity contribution in [3.63, 3.8) is 0 Å². The third-order valence-electron chi connectivity index (χ3n) is 1.89. The van der Waals surface area contributed by atoms with Gasteiger partial charge in [-0.05, 0) is 18.2 Å². The molecule has 0 aliphatic carbocycles. The molecule has 6 heteroatoms. The zero-order chi connectivity index (χ0) is 10.8. The van der Waals surface area contributed by atoms with Crippen LogP contribution in [0.25, 0.3) is 5.69 Å². The molecule has 1 N–H and O–H groups in total. The van der Waals surface area contributed by atoms with Gasteiger partial charge in [-0.2, -0.15) is 10.4 Å². The molecular weight excluding hydrogens is 260 g/mol. The molecular formula is C9H5BrN4O. The third-order valence-corrected chi connectivity index (χ3v) is 2.39. The van der Waals surface area contributed by atoms with Gasteiger partial charge in [-0.1, -0.05) is 15.9 Å². The van der Waals surface area contributed by atoms with Crippen molar-refractivity contribution in [3.8, 4) is 11.8 Å². The molecule has 15 heavy (non-hydrogen) atoms. The molecule has 0 amide bonds. The highest BCUT2D eigenvalue weighted by Crippen LogP contribution is 2.18. The SMILES string of the molecule is N#Cc1ccc(Br)cc1-n1cn[nH]c1=O. The highest BCUT2D eigenvalue weighted by molar-refractivity contribution is 9.10. The lowest BCUT2D eigenvalue weighted by Crippen LogP contribution is -2.15. The van der Waals surface area contributed by atoms with Crippen LogP contribution in [-0.4, -0.2) is 14.8 Å². The summed E-state index contributed by atoms with van der Waals surface area (Å²) in [5.74, 6) is 0. The zero-order valence-corrected chi connectivity index (χ0v) is 9.02. The van der Waals surface area contributed by atoms with Gasteiger partial charge in [-0.15, -0.1) is 0 Å². The summed E-state index contributed by atoms with van der Waals surface area (Å²) < 4.78 is 2.08. The van der Waals surface area contributed by atoms with E-state index in [9.17, 15) is 4.79 Å². The first-order valence-corrected chi connectivity index (χ1v) is 4.83. The smallest absolute Gasteiger partial charge is 0.248 e. The van der Waals surface area contributed by atoms with E-state index in [1.165, 1.54) is 10.9 Å². The van der Waals surface area contributed by atoms with E-state index < -0.39 is 0 Å². The lowest BCUT2D eigenvalue weighted by molar-refractivity contribution is 0.978. The number of hydrogen-bond donors (Lipinski definition) is 1. The molecule has 0 spiro atoms. The second-order valence-corrected chi connectivity index (χ2v) is 3.72. The molecule has 2 aromatic rings. The molecule has 0 radical (unpaired) electrons. The normalized spacial score (nSPS) is 9.87. The van der Waals surface area contributed by atoms with Crippen LogP contribution in [0.5, 0.6) is 0 Å². The van der Waals surface area contributed by atoms with Crippen molar-refractivity contribution in [1.82, 2.24) is 14.8 Å². The van der Waals surface area contributed by atoms with Crippen molar-refractivity contribution < 1.29 is 0 Å². The van der Waals surface area contributed by atoms with Crippen molar-refractivity contribution in [1.29, 1.82) is 5.26 Å². The molecule has 2 rings (SSSR count). The van der Waals surface area contributed by atoms with Gasteiger partial charge in [0.05, 0.1) is 11.3 Å². The number of hydrogen-bond acceptors (Lipinski definition) is 3. The van der Waals surface area contributed by atoms with Crippen LogP contribution in [-0.2, 0) is 0 Å². The van der Waals surface area contributed by atoms with E-state index in [1.54, 1.807) is 18.2 Å². The predicted molar refractivity (Wildman–Crippen MR) is 56.6 cm³/mol. The fourth-order valence-corrected chi connectivity index (χ4v) is 1.57. The van der Waals surface area contributed by atoms with E-state index in [0.717, 1.165) is 4.47 Å². The Morgan fingerprint density at radius 1 is 1.53 bits per heavy atom. The average Bonchev–Trinajstić information content (AvgIpc) is 2.64. The van der Waals surface area contributed by atoms with Gasteiger partial charge in [0.25, 0.3) is 0 Å². The first-order valence-electron chi connectivity index (χ1n) is 4.04. The Bertz CT molecular complexity index is 593. The van der Waals surface area contributed by atoms with Crippen molar-refractivity contribution >= 4 is 15.9 Å². The van der Waals surface area contributed by atoms with Crippen LogP contribution >= 0.6 is 15.9 Å². The Morgan fingerprint density at radius 3 is 2.93 bits per heavy atom. The van der Waals surface area contributed by atoms with Crippen LogP contribution in [0.15, 0.2) is 33.8 Å². The summed E-state index contributed by atoms with van der Waals surface area (Å²) >= 11 is 3.28. The average molecular weight is 265 g/mol. The Balaban J connectivity index is 2.73.